The largest absolute Gasteiger partial charge is 0.352 e. The topological polar surface area (TPSA) is 93.0 Å². The number of pyridine rings is 1. The third kappa shape index (κ3) is 2.86. The molecule has 2 fully saturated rings. The fraction of sp³-hybridized carbons (Fsp3) is 0.438. The van der Waals surface area contributed by atoms with E-state index in [4.69, 9.17) is 0 Å². The fourth-order valence-electron chi connectivity index (χ4n) is 3.07. The van der Waals surface area contributed by atoms with Crippen molar-refractivity contribution in [3.63, 3.8) is 0 Å². The molecule has 1 aliphatic carbocycles. The molecule has 1 saturated heterocycles. The normalized spacial score (nSPS) is 20.4. The maximum atomic E-state index is 12.4. The summed E-state index contributed by atoms with van der Waals surface area (Å²) in [7, 11) is 0. The molecule has 1 atom stereocenters. The van der Waals surface area contributed by atoms with Crippen LogP contribution in [-0.4, -0.2) is 49.0 Å². The van der Waals surface area contributed by atoms with Gasteiger partial charge in [-0.25, -0.2) is 14.6 Å². The molecule has 4 rings (SSSR count). The zero-order chi connectivity index (χ0) is 16.5. The Morgan fingerprint density at radius 2 is 2.25 bits per heavy atom. The van der Waals surface area contributed by atoms with Crippen molar-refractivity contribution in [1.29, 1.82) is 0 Å². The van der Waals surface area contributed by atoms with Crippen LogP contribution < -0.4 is 5.32 Å². The van der Waals surface area contributed by atoms with Crippen LogP contribution in [0, 0.1) is 5.92 Å². The van der Waals surface area contributed by atoms with Crippen LogP contribution in [0.4, 0.5) is 0 Å². The molecule has 1 saturated carbocycles. The third-order valence-corrected chi connectivity index (χ3v) is 4.47. The summed E-state index contributed by atoms with van der Waals surface area (Å²) in [6, 6.07) is 4.07. The molecule has 1 aliphatic heterocycles. The van der Waals surface area contributed by atoms with E-state index < -0.39 is 0 Å². The Bertz CT molecular complexity index is 756. The average molecular weight is 326 g/mol. The van der Waals surface area contributed by atoms with Crippen LogP contribution in [0.15, 0.2) is 31.0 Å². The molecule has 124 valence electrons. The monoisotopic (exact) mass is 326 g/mol. The Labute approximate surface area is 138 Å². The molecule has 2 aromatic rings. The number of carbonyl (C=O) groups excluding carboxylic acids is 2. The number of hydrogen-bond acceptors (Lipinski definition) is 5. The van der Waals surface area contributed by atoms with Gasteiger partial charge in [-0.3, -0.25) is 9.59 Å². The van der Waals surface area contributed by atoms with Gasteiger partial charge in [0.1, 0.15) is 12.7 Å². The van der Waals surface area contributed by atoms with E-state index in [0.717, 1.165) is 18.4 Å². The van der Waals surface area contributed by atoms with Gasteiger partial charge < -0.3 is 10.2 Å². The lowest BCUT2D eigenvalue weighted by Gasteiger charge is -2.15. The second kappa shape index (κ2) is 6.03. The highest BCUT2D eigenvalue weighted by atomic mass is 16.2. The van der Waals surface area contributed by atoms with Crippen LogP contribution >= 0.6 is 0 Å². The van der Waals surface area contributed by atoms with E-state index in [9.17, 15) is 9.59 Å². The zero-order valence-corrected chi connectivity index (χ0v) is 13.1. The van der Waals surface area contributed by atoms with Crippen molar-refractivity contribution in [3.8, 4) is 5.82 Å². The number of likely N-dealkylation sites (tertiary alicyclic amines) is 1. The first-order chi connectivity index (χ1) is 11.7. The van der Waals surface area contributed by atoms with Crippen LogP contribution in [0.1, 0.15) is 24.8 Å². The molecule has 0 spiro atoms. The summed E-state index contributed by atoms with van der Waals surface area (Å²) in [4.78, 5) is 34.5. The Balaban J connectivity index is 1.40. The van der Waals surface area contributed by atoms with Crippen LogP contribution in [0.2, 0.25) is 0 Å². The summed E-state index contributed by atoms with van der Waals surface area (Å²) in [6.45, 7) is 0.883. The van der Waals surface area contributed by atoms with Crippen molar-refractivity contribution in [3.05, 3.63) is 36.5 Å². The quantitative estimate of drug-likeness (QED) is 0.852. The maximum absolute atomic E-state index is 12.4. The van der Waals surface area contributed by atoms with Crippen LogP contribution in [0.3, 0.4) is 0 Å². The van der Waals surface area contributed by atoms with Crippen molar-refractivity contribution in [2.24, 2.45) is 5.92 Å². The lowest BCUT2D eigenvalue weighted by molar-refractivity contribution is -0.129. The van der Waals surface area contributed by atoms with Gasteiger partial charge in [-0.15, -0.1) is 0 Å². The molecule has 0 aromatic carbocycles. The van der Waals surface area contributed by atoms with Crippen molar-refractivity contribution in [2.75, 3.05) is 6.54 Å². The molecular formula is C16H18N6O2. The molecule has 8 heteroatoms. The van der Waals surface area contributed by atoms with Crippen molar-refractivity contribution in [2.45, 2.75) is 31.8 Å². The SMILES string of the molecule is O=C(NCc1cccnc1-n1cncn1)C1CC(=O)N(C2CC2)C1. The van der Waals surface area contributed by atoms with E-state index in [1.54, 1.807) is 17.2 Å². The van der Waals surface area contributed by atoms with E-state index >= 15 is 0 Å². The number of aromatic nitrogens is 4. The molecule has 2 amide bonds. The fourth-order valence-corrected chi connectivity index (χ4v) is 3.07. The lowest BCUT2D eigenvalue weighted by Crippen LogP contribution is -2.33. The molecule has 1 N–H and O–H groups in total. The van der Waals surface area contributed by atoms with Gasteiger partial charge in [-0.05, 0) is 18.9 Å². The highest BCUT2D eigenvalue weighted by Crippen LogP contribution is 2.32. The van der Waals surface area contributed by atoms with E-state index in [0.29, 0.717) is 31.4 Å². The minimum absolute atomic E-state index is 0.0834. The Morgan fingerprint density at radius 1 is 1.38 bits per heavy atom. The summed E-state index contributed by atoms with van der Waals surface area (Å²) in [5.74, 6) is 0.393. The molecule has 2 aromatic heterocycles. The van der Waals surface area contributed by atoms with Gasteiger partial charge in [-0.1, -0.05) is 6.07 Å². The highest BCUT2D eigenvalue weighted by Gasteiger charge is 2.41. The average Bonchev–Trinajstić information content (AvgIpc) is 3.14. The standard InChI is InChI=1S/C16H18N6O2/c23-14-6-12(8-21(14)13-3-4-13)16(24)19-7-11-2-1-5-18-15(11)22-10-17-9-20-22/h1-2,5,9-10,12-13H,3-4,6-8H2,(H,19,24). The van der Waals surface area contributed by atoms with Gasteiger partial charge in [-0.2, -0.15) is 5.10 Å². The summed E-state index contributed by atoms with van der Waals surface area (Å²) >= 11 is 0. The van der Waals surface area contributed by atoms with Gasteiger partial charge in [0.05, 0.1) is 5.92 Å². The first kappa shape index (κ1) is 14.8. The summed E-state index contributed by atoms with van der Waals surface area (Å²) in [5, 5.41) is 7.00. The Morgan fingerprint density at radius 3 is 3.00 bits per heavy atom. The van der Waals surface area contributed by atoms with Gasteiger partial charge in [0.15, 0.2) is 5.82 Å². The van der Waals surface area contributed by atoms with Gasteiger partial charge in [0, 0.05) is 37.3 Å². The van der Waals surface area contributed by atoms with E-state index in [1.165, 1.54) is 6.33 Å². The minimum atomic E-state index is -0.260. The Kier molecular flexibility index (Phi) is 3.72. The number of carbonyl (C=O) groups is 2. The van der Waals surface area contributed by atoms with Gasteiger partial charge >= 0.3 is 0 Å². The number of nitrogens with one attached hydrogen (secondary N) is 1. The molecule has 0 bridgehead atoms. The van der Waals surface area contributed by atoms with Crippen LogP contribution in [0.25, 0.3) is 5.82 Å². The Hall–Kier alpha value is -2.77. The number of amides is 2. The molecule has 1 unspecified atom stereocenters. The second-order valence-corrected chi connectivity index (χ2v) is 6.22. The summed E-state index contributed by atoms with van der Waals surface area (Å²) in [6.07, 6.45) is 7.12. The van der Waals surface area contributed by atoms with E-state index in [2.05, 4.69) is 20.4 Å². The maximum Gasteiger partial charge on any atom is 0.225 e. The van der Waals surface area contributed by atoms with Crippen LogP contribution in [-0.2, 0) is 16.1 Å². The predicted molar refractivity (Wildman–Crippen MR) is 83.8 cm³/mol. The minimum Gasteiger partial charge on any atom is -0.352 e. The number of hydrogen-bond donors (Lipinski definition) is 1. The smallest absolute Gasteiger partial charge is 0.225 e. The van der Waals surface area contributed by atoms with Crippen molar-refractivity contribution >= 4 is 11.8 Å². The first-order valence-electron chi connectivity index (χ1n) is 8.08. The van der Waals surface area contributed by atoms with Gasteiger partial charge in [0.2, 0.25) is 11.8 Å². The summed E-state index contributed by atoms with van der Waals surface area (Å²) < 4.78 is 1.56. The highest BCUT2D eigenvalue weighted by molar-refractivity contribution is 5.89. The van der Waals surface area contributed by atoms with Crippen molar-refractivity contribution < 1.29 is 9.59 Å². The zero-order valence-electron chi connectivity index (χ0n) is 13.1. The number of nitrogens with zero attached hydrogens (tertiary/aromatic N) is 5. The van der Waals surface area contributed by atoms with E-state index in [1.807, 2.05) is 17.0 Å². The predicted octanol–water partition coefficient (Wildman–Crippen LogP) is 0.289. The summed E-state index contributed by atoms with van der Waals surface area (Å²) in [5.41, 5.74) is 0.847. The van der Waals surface area contributed by atoms with Crippen molar-refractivity contribution in [1.82, 2.24) is 30.0 Å². The van der Waals surface area contributed by atoms with Gasteiger partial charge in [0.25, 0.3) is 0 Å². The third-order valence-electron chi connectivity index (χ3n) is 4.47. The lowest BCUT2D eigenvalue weighted by atomic mass is 10.1. The molecule has 24 heavy (non-hydrogen) atoms. The molecule has 3 heterocycles. The second-order valence-electron chi connectivity index (χ2n) is 6.22. The molecule has 0 radical (unpaired) electrons. The first-order valence-corrected chi connectivity index (χ1v) is 8.08. The molecule has 8 nitrogen and oxygen atoms in total. The molecule has 2 aliphatic rings. The van der Waals surface area contributed by atoms with E-state index in [-0.39, 0.29) is 17.7 Å². The molecular weight excluding hydrogens is 308 g/mol. The van der Waals surface area contributed by atoms with Crippen LogP contribution in [0.5, 0.6) is 0 Å². The number of rotatable bonds is 5.